The van der Waals surface area contributed by atoms with E-state index in [1.807, 2.05) is 49.6 Å². The fourth-order valence-corrected chi connectivity index (χ4v) is 5.19. The summed E-state index contributed by atoms with van der Waals surface area (Å²) in [6.45, 7) is 0.998. The van der Waals surface area contributed by atoms with Crippen molar-refractivity contribution in [3.63, 3.8) is 0 Å². The topological polar surface area (TPSA) is 106 Å². The van der Waals surface area contributed by atoms with Crippen molar-refractivity contribution in [3.05, 3.63) is 76.5 Å². The maximum atomic E-state index is 13.0. The lowest BCUT2D eigenvalue weighted by Crippen LogP contribution is -2.38. The van der Waals surface area contributed by atoms with E-state index in [1.165, 1.54) is 11.3 Å². The molecule has 1 aliphatic heterocycles. The van der Waals surface area contributed by atoms with Gasteiger partial charge in [-0.1, -0.05) is 23.7 Å². The van der Waals surface area contributed by atoms with E-state index in [0.29, 0.717) is 30.6 Å². The van der Waals surface area contributed by atoms with E-state index in [1.54, 1.807) is 28.0 Å². The van der Waals surface area contributed by atoms with E-state index in [2.05, 4.69) is 15.4 Å². The van der Waals surface area contributed by atoms with Gasteiger partial charge < -0.3 is 16.0 Å². The standard InChI is InChI=1S/C25H23ClN6O2S/c1-31-13-18(12-29-31)17-10-20(23(27)28-11-17)24(33)30-19-8-9-32(14-19)25(34)16-4-2-15(3-5-16)21-6-7-22(26)35-21/h2-7,10-13,19H,8-9,14H2,1H3,(H2,27,28)(H,30,33)/t19-/m1/s1. The molecule has 8 nitrogen and oxygen atoms in total. The van der Waals surface area contributed by atoms with E-state index in [0.717, 1.165) is 25.9 Å². The maximum Gasteiger partial charge on any atom is 0.255 e. The molecule has 1 aliphatic rings. The van der Waals surface area contributed by atoms with Gasteiger partial charge in [0.05, 0.1) is 16.1 Å². The van der Waals surface area contributed by atoms with Crippen LogP contribution in [0.1, 0.15) is 27.1 Å². The molecule has 0 saturated carbocycles. The Morgan fingerprint density at radius 1 is 1.11 bits per heavy atom. The molecule has 1 fully saturated rings. The number of aryl methyl sites for hydroxylation is 1. The molecule has 3 N–H and O–H groups in total. The molecule has 10 heteroatoms. The first-order valence-electron chi connectivity index (χ1n) is 11.1. The van der Waals surface area contributed by atoms with Gasteiger partial charge in [0.25, 0.3) is 11.8 Å². The second kappa shape index (κ2) is 9.52. The zero-order chi connectivity index (χ0) is 24.5. The molecule has 1 aromatic carbocycles. The number of hydrogen-bond donors (Lipinski definition) is 2. The molecule has 0 aliphatic carbocycles. The molecule has 4 aromatic rings. The number of nitrogen functional groups attached to an aromatic ring is 1. The number of rotatable bonds is 5. The smallest absolute Gasteiger partial charge is 0.255 e. The minimum Gasteiger partial charge on any atom is -0.383 e. The fraction of sp³-hybridized carbons (Fsp3) is 0.200. The number of carbonyl (C=O) groups excluding carboxylic acids is 2. The number of anilines is 1. The van der Waals surface area contributed by atoms with Crippen molar-refractivity contribution < 1.29 is 9.59 Å². The Hall–Kier alpha value is -3.69. The van der Waals surface area contributed by atoms with Crippen LogP contribution < -0.4 is 11.1 Å². The number of nitrogens with two attached hydrogens (primary N) is 1. The van der Waals surface area contributed by atoms with Crippen LogP contribution in [-0.2, 0) is 7.05 Å². The number of nitrogens with one attached hydrogen (secondary N) is 1. The predicted molar refractivity (Wildman–Crippen MR) is 137 cm³/mol. The Balaban J connectivity index is 1.23. The Labute approximate surface area is 211 Å². The molecule has 0 bridgehead atoms. The summed E-state index contributed by atoms with van der Waals surface area (Å²) in [6.07, 6.45) is 5.84. The van der Waals surface area contributed by atoms with E-state index in [9.17, 15) is 9.59 Å². The number of carbonyl (C=O) groups is 2. The van der Waals surface area contributed by atoms with Crippen molar-refractivity contribution >= 4 is 40.6 Å². The number of aromatic nitrogens is 3. The van der Waals surface area contributed by atoms with Crippen molar-refractivity contribution in [1.29, 1.82) is 0 Å². The maximum absolute atomic E-state index is 13.0. The first-order valence-corrected chi connectivity index (χ1v) is 12.3. The van der Waals surface area contributed by atoms with Gasteiger partial charge in [0.1, 0.15) is 5.82 Å². The van der Waals surface area contributed by atoms with Crippen molar-refractivity contribution in [2.45, 2.75) is 12.5 Å². The van der Waals surface area contributed by atoms with Crippen LogP contribution >= 0.6 is 22.9 Å². The summed E-state index contributed by atoms with van der Waals surface area (Å²) in [5, 5.41) is 7.16. The van der Waals surface area contributed by atoms with Gasteiger partial charge in [-0.05, 0) is 42.3 Å². The molecule has 5 rings (SSSR count). The summed E-state index contributed by atoms with van der Waals surface area (Å²) in [5.41, 5.74) is 9.53. The molecule has 1 saturated heterocycles. The molecule has 178 valence electrons. The second-order valence-electron chi connectivity index (χ2n) is 8.45. The Morgan fingerprint density at radius 2 is 1.91 bits per heavy atom. The highest BCUT2D eigenvalue weighted by Crippen LogP contribution is 2.31. The molecular weight excluding hydrogens is 484 g/mol. The third-order valence-electron chi connectivity index (χ3n) is 6.00. The minimum absolute atomic E-state index is 0.0581. The summed E-state index contributed by atoms with van der Waals surface area (Å²) >= 11 is 7.52. The van der Waals surface area contributed by atoms with Gasteiger partial charge in [-0.15, -0.1) is 11.3 Å². The molecule has 4 heterocycles. The summed E-state index contributed by atoms with van der Waals surface area (Å²) in [6, 6.07) is 12.9. The third kappa shape index (κ3) is 4.91. The number of hydrogen-bond acceptors (Lipinski definition) is 6. The van der Waals surface area contributed by atoms with Gasteiger partial charge >= 0.3 is 0 Å². The molecule has 35 heavy (non-hydrogen) atoms. The predicted octanol–water partition coefficient (Wildman–Crippen LogP) is 4.09. The number of thiophene rings is 1. The highest BCUT2D eigenvalue weighted by molar-refractivity contribution is 7.19. The van der Waals surface area contributed by atoms with Crippen molar-refractivity contribution in [2.24, 2.45) is 7.05 Å². The zero-order valence-electron chi connectivity index (χ0n) is 18.9. The number of amides is 2. The van der Waals surface area contributed by atoms with E-state index in [-0.39, 0.29) is 23.7 Å². The number of pyridine rings is 1. The lowest BCUT2D eigenvalue weighted by atomic mass is 10.1. The van der Waals surface area contributed by atoms with Gasteiger partial charge in [-0.2, -0.15) is 5.10 Å². The summed E-state index contributed by atoms with van der Waals surface area (Å²) in [7, 11) is 1.82. The number of nitrogens with zero attached hydrogens (tertiary/aromatic N) is 4. The lowest BCUT2D eigenvalue weighted by Gasteiger charge is -2.18. The number of halogens is 1. The second-order valence-corrected chi connectivity index (χ2v) is 10.2. The average Bonchev–Trinajstić information content (AvgIpc) is 3.60. The van der Waals surface area contributed by atoms with Crippen molar-refractivity contribution in [2.75, 3.05) is 18.8 Å². The Kier molecular flexibility index (Phi) is 6.27. The van der Waals surface area contributed by atoms with Crippen LogP contribution in [0.4, 0.5) is 5.82 Å². The quantitative estimate of drug-likeness (QED) is 0.424. The van der Waals surface area contributed by atoms with Gasteiger partial charge in [0.2, 0.25) is 0 Å². The normalized spacial score (nSPS) is 15.4. The monoisotopic (exact) mass is 506 g/mol. The molecule has 2 amide bonds. The van der Waals surface area contributed by atoms with Crippen LogP contribution in [-0.4, -0.2) is 50.6 Å². The highest BCUT2D eigenvalue weighted by Gasteiger charge is 2.29. The summed E-state index contributed by atoms with van der Waals surface area (Å²) in [4.78, 5) is 33.0. The summed E-state index contributed by atoms with van der Waals surface area (Å²) < 4.78 is 2.41. The minimum atomic E-state index is -0.306. The van der Waals surface area contributed by atoms with Gasteiger partial charge in [0, 0.05) is 60.1 Å². The highest BCUT2D eigenvalue weighted by atomic mass is 35.5. The van der Waals surface area contributed by atoms with E-state index >= 15 is 0 Å². The average molecular weight is 507 g/mol. The lowest BCUT2D eigenvalue weighted by molar-refractivity contribution is 0.0783. The molecule has 0 radical (unpaired) electrons. The first kappa shape index (κ1) is 23.1. The van der Waals surface area contributed by atoms with Crippen LogP contribution in [0.5, 0.6) is 0 Å². The molecule has 0 unspecified atom stereocenters. The summed E-state index contributed by atoms with van der Waals surface area (Å²) in [5.74, 6) is -0.204. The first-order chi connectivity index (χ1) is 16.9. The number of benzene rings is 1. The molecule has 1 atom stereocenters. The van der Waals surface area contributed by atoms with Crippen LogP contribution in [0.3, 0.4) is 0 Å². The SMILES string of the molecule is Cn1cc(-c2cnc(N)c(C(=O)N[C@@H]3CCN(C(=O)c4ccc(-c5ccc(Cl)s5)cc4)C3)c2)cn1. The number of likely N-dealkylation sites (tertiary alicyclic amines) is 1. The van der Waals surface area contributed by atoms with Gasteiger partial charge in [0.15, 0.2) is 0 Å². The van der Waals surface area contributed by atoms with Crippen molar-refractivity contribution in [1.82, 2.24) is 25.0 Å². The van der Waals surface area contributed by atoms with E-state index < -0.39 is 0 Å². The molecular formula is C25H23ClN6O2S. The third-order valence-corrected chi connectivity index (χ3v) is 7.28. The molecule has 3 aromatic heterocycles. The largest absolute Gasteiger partial charge is 0.383 e. The Morgan fingerprint density at radius 3 is 2.60 bits per heavy atom. The van der Waals surface area contributed by atoms with Crippen LogP contribution in [0, 0.1) is 0 Å². The van der Waals surface area contributed by atoms with Crippen molar-refractivity contribution in [3.8, 4) is 21.6 Å². The van der Waals surface area contributed by atoms with Gasteiger partial charge in [-0.25, -0.2) is 4.98 Å². The van der Waals surface area contributed by atoms with Gasteiger partial charge in [-0.3, -0.25) is 14.3 Å². The Bertz CT molecular complexity index is 1400. The zero-order valence-corrected chi connectivity index (χ0v) is 20.5. The van der Waals surface area contributed by atoms with Crippen LogP contribution in [0.25, 0.3) is 21.6 Å². The fourth-order valence-electron chi connectivity index (χ4n) is 4.14. The van der Waals surface area contributed by atoms with Crippen LogP contribution in [0.2, 0.25) is 4.34 Å². The van der Waals surface area contributed by atoms with Crippen LogP contribution in [0.15, 0.2) is 61.1 Å². The molecule has 0 spiro atoms. The van der Waals surface area contributed by atoms with E-state index in [4.69, 9.17) is 17.3 Å².